The summed E-state index contributed by atoms with van der Waals surface area (Å²) in [6, 6.07) is 0.752. The van der Waals surface area contributed by atoms with Crippen LogP contribution in [0.3, 0.4) is 0 Å². The summed E-state index contributed by atoms with van der Waals surface area (Å²) < 4.78 is 42.3. The van der Waals surface area contributed by atoms with Crippen LogP contribution in [-0.2, 0) is 12.1 Å². The van der Waals surface area contributed by atoms with Gasteiger partial charge < -0.3 is 19.9 Å². The Morgan fingerprint density at radius 3 is 2.59 bits per heavy atom. The van der Waals surface area contributed by atoms with Gasteiger partial charge in [0.15, 0.2) is 11.4 Å². The second-order valence-electron chi connectivity index (χ2n) is 8.44. The van der Waals surface area contributed by atoms with Crippen molar-refractivity contribution in [3.63, 3.8) is 0 Å². The molecule has 10 heteroatoms. The average Bonchev–Trinajstić information content (AvgIpc) is 3.44. The van der Waals surface area contributed by atoms with E-state index in [9.17, 15) is 32.7 Å². The summed E-state index contributed by atoms with van der Waals surface area (Å²) in [4.78, 5) is 40.0. The molecule has 1 aromatic heterocycles. The first-order valence-electron chi connectivity index (χ1n) is 10.0. The van der Waals surface area contributed by atoms with Crippen molar-refractivity contribution >= 4 is 11.8 Å². The summed E-state index contributed by atoms with van der Waals surface area (Å²) in [5, 5.41) is 12.8. The summed E-state index contributed by atoms with van der Waals surface area (Å²) in [5.74, 6) is -5.73. The molecule has 166 valence electrons. The first kappa shape index (κ1) is 20.3. The van der Waals surface area contributed by atoms with Crippen LogP contribution in [0.25, 0.3) is 0 Å². The number of aromatic hydroxyl groups is 1. The van der Waals surface area contributed by atoms with Crippen molar-refractivity contribution < 1.29 is 27.9 Å². The first-order chi connectivity index (χ1) is 15.1. The van der Waals surface area contributed by atoms with Crippen molar-refractivity contribution in [1.82, 2.24) is 14.8 Å². The fourth-order valence-electron chi connectivity index (χ4n) is 4.66. The Labute approximate surface area is 179 Å². The fraction of sp³-hybridized carbons (Fsp3) is 0.318. The van der Waals surface area contributed by atoms with Crippen molar-refractivity contribution in [1.29, 1.82) is 0 Å². The van der Waals surface area contributed by atoms with Crippen LogP contribution in [0, 0.1) is 23.4 Å². The van der Waals surface area contributed by atoms with Crippen molar-refractivity contribution in [2.45, 2.75) is 31.5 Å². The Balaban J connectivity index is 1.52. The smallest absolute Gasteiger partial charge is 0.275 e. The second-order valence-corrected chi connectivity index (χ2v) is 8.44. The van der Waals surface area contributed by atoms with Crippen molar-refractivity contribution in [3.05, 3.63) is 75.0 Å². The molecule has 1 aliphatic carbocycles. The van der Waals surface area contributed by atoms with Gasteiger partial charge in [0, 0.05) is 48.9 Å². The molecule has 5 rings (SSSR count). The Morgan fingerprint density at radius 1 is 1.22 bits per heavy atom. The number of allylic oxidation sites excluding steroid dienone is 1. The molecule has 1 aromatic carbocycles. The summed E-state index contributed by atoms with van der Waals surface area (Å²) in [7, 11) is 0. The highest BCUT2D eigenvalue weighted by atomic mass is 19.1. The van der Waals surface area contributed by atoms with Gasteiger partial charge in [0.1, 0.15) is 23.0 Å². The van der Waals surface area contributed by atoms with Gasteiger partial charge in [-0.1, -0.05) is 12.2 Å². The maximum absolute atomic E-state index is 13.9. The maximum atomic E-state index is 13.9. The van der Waals surface area contributed by atoms with Gasteiger partial charge in [-0.3, -0.25) is 14.4 Å². The Bertz CT molecular complexity index is 1260. The van der Waals surface area contributed by atoms with Gasteiger partial charge in [-0.05, 0) is 13.3 Å². The van der Waals surface area contributed by atoms with E-state index < -0.39 is 63.7 Å². The normalized spacial score (nSPS) is 25.1. The third-order valence-corrected chi connectivity index (χ3v) is 6.56. The van der Waals surface area contributed by atoms with Crippen LogP contribution in [0.15, 0.2) is 35.3 Å². The molecular formula is C22H18F3N3O4. The molecule has 2 amide bonds. The van der Waals surface area contributed by atoms with E-state index >= 15 is 0 Å². The molecule has 7 nitrogen and oxygen atoms in total. The standard InChI is InChI=1S/C22H18F3N3O4/c1-10-2-3-11-6-22(11)9-27(10)21(32)17-19(30)18(29)14(8-28(17)22)20(31)26-7-13-15(24)4-12(23)5-16(13)25/h2-5,8,10-11,30H,6-7,9H2,1H3,(H,26,31)/t10-,11+,22-/m1/s1. The molecule has 2 aromatic rings. The van der Waals surface area contributed by atoms with E-state index in [-0.39, 0.29) is 17.7 Å². The Kier molecular flexibility index (Phi) is 4.27. The summed E-state index contributed by atoms with van der Waals surface area (Å²) in [6.45, 7) is 1.57. The number of rotatable bonds is 3. The van der Waals surface area contributed by atoms with E-state index in [0.29, 0.717) is 25.1 Å². The molecule has 1 spiro atoms. The number of nitrogens with one attached hydrogen (secondary N) is 1. The van der Waals surface area contributed by atoms with Gasteiger partial charge in [0.2, 0.25) is 5.43 Å². The minimum atomic E-state index is -1.18. The summed E-state index contributed by atoms with van der Waals surface area (Å²) in [5.41, 5.74) is -2.84. The molecule has 3 atom stereocenters. The number of amides is 2. The zero-order chi connectivity index (χ0) is 22.9. The predicted octanol–water partition coefficient (Wildman–Crippen LogP) is 2.03. The topological polar surface area (TPSA) is 91.6 Å². The molecule has 32 heavy (non-hydrogen) atoms. The minimum absolute atomic E-state index is 0.0713. The zero-order valence-electron chi connectivity index (χ0n) is 16.9. The Morgan fingerprint density at radius 2 is 1.91 bits per heavy atom. The monoisotopic (exact) mass is 445 g/mol. The molecule has 0 saturated heterocycles. The van der Waals surface area contributed by atoms with Crippen LogP contribution in [-0.4, -0.2) is 39.0 Å². The minimum Gasteiger partial charge on any atom is -0.503 e. The van der Waals surface area contributed by atoms with E-state index in [1.807, 2.05) is 19.1 Å². The molecule has 0 unspecified atom stereocenters. The number of hydrogen-bond acceptors (Lipinski definition) is 4. The number of aromatic nitrogens is 1. The Hall–Kier alpha value is -3.56. The predicted molar refractivity (Wildman–Crippen MR) is 106 cm³/mol. The van der Waals surface area contributed by atoms with E-state index in [0.717, 1.165) is 0 Å². The zero-order valence-corrected chi connectivity index (χ0v) is 16.9. The third kappa shape index (κ3) is 2.78. The van der Waals surface area contributed by atoms with Crippen LogP contribution in [0.1, 0.15) is 39.8 Å². The highest BCUT2D eigenvalue weighted by Gasteiger charge is 2.61. The second kappa shape index (κ2) is 6.72. The van der Waals surface area contributed by atoms with E-state index in [1.165, 1.54) is 10.8 Å². The quantitative estimate of drug-likeness (QED) is 0.708. The highest BCUT2D eigenvalue weighted by molar-refractivity contribution is 5.99. The summed E-state index contributed by atoms with van der Waals surface area (Å²) in [6.07, 6.45) is 5.78. The van der Waals surface area contributed by atoms with Gasteiger partial charge in [-0.15, -0.1) is 0 Å². The molecule has 1 saturated carbocycles. The van der Waals surface area contributed by atoms with E-state index in [2.05, 4.69) is 5.32 Å². The number of halogens is 3. The van der Waals surface area contributed by atoms with Gasteiger partial charge in [0.25, 0.3) is 11.8 Å². The number of nitrogens with zero attached hydrogens (tertiary/aromatic N) is 2. The van der Waals surface area contributed by atoms with Crippen LogP contribution in [0.2, 0.25) is 0 Å². The molecule has 3 aliphatic rings. The third-order valence-electron chi connectivity index (χ3n) is 6.56. The molecule has 2 bridgehead atoms. The van der Waals surface area contributed by atoms with E-state index in [4.69, 9.17) is 0 Å². The molecule has 0 radical (unpaired) electrons. The lowest BCUT2D eigenvalue weighted by atomic mass is 10.0. The number of carbonyl (C=O) groups is 2. The van der Waals surface area contributed by atoms with Crippen LogP contribution < -0.4 is 10.7 Å². The van der Waals surface area contributed by atoms with Crippen LogP contribution in [0.5, 0.6) is 5.75 Å². The summed E-state index contributed by atoms with van der Waals surface area (Å²) >= 11 is 0. The number of hydrogen-bond donors (Lipinski definition) is 2. The van der Waals surface area contributed by atoms with Crippen molar-refractivity contribution in [2.24, 2.45) is 5.92 Å². The largest absolute Gasteiger partial charge is 0.503 e. The average molecular weight is 445 g/mol. The first-order valence-corrected chi connectivity index (χ1v) is 10.0. The molecule has 2 N–H and O–H groups in total. The number of fused-ring (bicyclic) bond motifs is 2. The van der Waals surface area contributed by atoms with Crippen molar-refractivity contribution in [2.75, 3.05) is 6.54 Å². The number of benzene rings is 1. The fourth-order valence-corrected chi connectivity index (χ4v) is 4.66. The number of carbonyl (C=O) groups excluding carboxylic acids is 2. The van der Waals surface area contributed by atoms with E-state index in [1.54, 1.807) is 4.90 Å². The molecule has 1 fully saturated rings. The lowest BCUT2D eigenvalue weighted by molar-refractivity contribution is 0.0601. The highest BCUT2D eigenvalue weighted by Crippen LogP contribution is 2.56. The molecule has 2 aliphatic heterocycles. The van der Waals surface area contributed by atoms with Gasteiger partial charge in [-0.2, -0.15) is 0 Å². The molecule has 3 heterocycles. The lowest BCUT2D eigenvalue weighted by Crippen LogP contribution is -2.51. The van der Waals surface area contributed by atoms with Gasteiger partial charge in [-0.25, -0.2) is 13.2 Å². The maximum Gasteiger partial charge on any atom is 0.275 e. The van der Waals surface area contributed by atoms with Gasteiger partial charge in [0.05, 0.1) is 5.54 Å². The SMILES string of the molecule is C[C@@H]1C=C[C@H]2C[C@@]23CN1C(=O)c1c(O)c(=O)c(C(=O)NCc2c(F)cc(F)cc2F)cn13. The van der Waals surface area contributed by atoms with Gasteiger partial charge >= 0.3 is 0 Å². The van der Waals surface area contributed by atoms with Crippen LogP contribution >= 0.6 is 0 Å². The van der Waals surface area contributed by atoms with Crippen molar-refractivity contribution in [3.8, 4) is 5.75 Å². The molecular weight excluding hydrogens is 427 g/mol. The number of pyridine rings is 1. The lowest BCUT2D eigenvalue weighted by Gasteiger charge is -2.38. The van der Waals surface area contributed by atoms with Crippen LogP contribution in [0.4, 0.5) is 13.2 Å².